The summed E-state index contributed by atoms with van der Waals surface area (Å²) >= 11 is 0. The van der Waals surface area contributed by atoms with Crippen LogP contribution in [0, 0.1) is 0 Å². The van der Waals surface area contributed by atoms with Gasteiger partial charge in [-0.25, -0.2) is 4.98 Å². The van der Waals surface area contributed by atoms with Crippen LogP contribution in [0.3, 0.4) is 0 Å². The molecule has 5 nitrogen and oxygen atoms in total. The van der Waals surface area contributed by atoms with E-state index < -0.39 is 6.10 Å². The van der Waals surface area contributed by atoms with E-state index in [1.54, 1.807) is 18.6 Å². The monoisotopic (exact) mass is 349 g/mol. The first-order chi connectivity index (χ1) is 12.8. The number of nitrogens with zero attached hydrogens (tertiary/aromatic N) is 3. The predicted octanol–water partition coefficient (Wildman–Crippen LogP) is 3.40. The highest BCUT2D eigenvalue weighted by atomic mass is 16.5. The first-order valence-corrected chi connectivity index (χ1v) is 9.10. The van der Waals surface area contributed by atoms with Crippen molar-refractivity contribution in [3.8, 4) is 11.4 Å². The normalized spacial score (nSPS) is 17.7. The lowest BCUT2D eigenvalue weighted by Gasteiger charge is -2.26. The lowest BCUT2D eigenvalue weighted by atomic mass is 9.89. The Labute approximate surface area is 153 Å². The van der Waals surface area contributed by atoms with Crippen LogP contribution in [0.5, 0.6) is 0 Å². The molecule has 2 heterocycles. The number of imidazole rings is 1. The van der Waals surface area contributed by atoms with Crippen LogP contribution in [0.25, 0.3) is 11.4 Å². The van der Waals surface area contributed by atoms with Crippen molar-refractivity contribution in [2.45, 2.75) is 38.0 Å². The van der Waals surface area contributed by atoms with Gasteiger partial charge in [0.05, 0.1) is 25.4 Å². The van der Waals surface area contributed by atoms with Crippen molar-refractivity contribution in [1.29, 1.82) is 0 Å². The third-order valence-corrected chi connectivity index (χ3v) is 4.87. The SMILES string of the molecule is OC(COC1CCCc2ccccc21)Cn1ccnc1-c1ccncc1. The van der Waals surface area contributed by atoms with Crippen molar-refractivity contribution in [2.24, 2.45) is 0 Å². The Morgan fingerprint density at radius 3 is 2.88 bits per heavy atom. The standard InChI is InChI=1S/C21H23N3O2/c25-18(14-24-13-12-23-21(24)17-8-10-22-11-9-17)15-26-20-7-3-5-16-4-1-2-6-19(16)20/h1-2,4,6,8-13,18,20,25H,3,5,7,14-15H2. The molecule has 5 heteroatoms. The highest BCUT2D eigenvalue weighted by Gasteiger charge is 2.21. The van der Waals surface area contributed by atoms with Crippen LogP contribution in [0.2, 0.25) is 0 Å². The summed E-state index contributed by atoms with van der Waals surface area (Å²) in [5.74, 6) is 0.828. The fourth-order valence-corrected chi connectivity index (χ4v) is 3.61. The van der Waals surface area contributed by atoms with Gasteiger partial charge in [0.1, 0.15) is 5.82 Å². The summed E-state index contributed by atoms with van der Waals surface area (Å²) in [5, 5.41) is 10.5. The minimum atomic E-state index is -0.584. The van der Waals surface area contributed by atoms with E-state index in [2.05, 4.69) is 34.2 Å². The summed E-state index contributed by atoms with van der Waals surface area (Å²) in [4.78, 5) is 8.44. The maximum absolute atomic E-state index is 10.5. The smallest absolute Gasteiger partial charge is 0.140 e. The summed E-state index contributed by atoms with van der Waals surface area (Å²) in [7, 11) is 0. The average molecular weight is 349 g/mol. The van der Waals surface area contributed by atoms with Crippen molar-refractivity contribution in [3.63, 3.8) is 0 Å². The van der Waals surface area contributed by atoms with Gasteiger partial charge in [0.15, 0.2) is 0 Å². The van der Waals surface area contributed by atoms with E-state index in [-0.39, 0.29) is 6.10 Å². The zero-order valence-electron chi connectivity index (χ0n) is 14.7. The lowest BCUT2D eigenvalue weighted by Crippen LogP contribution is -2.24. The number of fused-ring (bicyclic) bond motifs is 1. The minimum absolute atomic E-state index is 0.0806. The quantitative estimate of drug-likeness (QED) is 0.741. The molecule has 1 aliphatic carbocycles. The molecule has 4 rings (SSSR count). The molecule has 26 heavy (non-hydrogen) atoms. The van der Waals surface area contributed by atoms with Crippen molar-refractivity contribution < 1.29 is 9.84 Å². The van der Waals surface area contributed by atoms with Crippen LogP contribution in [-0.4, -0.2) is 32.4 Å². The molecule has 1 aliphatic rings. The van der Waals surface area contributed by atoms with Crippen LogP contribution < -0.4 is 0 Å². The zero-order valence-corrected chi connectivity index (χ0v) is 14.7. The Morgan fingerprint density at radius 1 is 1.15 bits per heavy atom. The zero-order chi connectivity index (χ0) is 17.8. The summed E-state index contributed by atoms with van der Waals surface area (Å²) < 4.78 is 8.03. The van der Waals surface area contributed by atoms with Crippen LogP contribution in [0.15, 0.2) is 61.2 Å². The number of pyridine rings is 1. The van der Waals surface area contributed by atoms with E-state index in [1.807, 2.05) is 22.9 Å². The molecular formula is C21H23N3O2. The van der Waals surface area contributed by atoms with Gasteiger partial charge in [0.2, 0.25) is 0 Å². The molecule has 3 aromatic rings. The number of aryl methyl sites for hydroxylation is 1. The summed E-state index contributed by atoms with van der Waals surface area (Å²) in [6.07, 6.45) is 9.88. The number of ether oxygens (including phenoxy) is 1. The first-order valence-electron chi connectivity index (χ1n) is 9.10. The second kappa shape index (κ2) is 7.81. The molecule has 134 valence electrons. The largest absolute Gasteiger partial charge is 0.389 e. The molecule has 1 N–H and O–H groups in total. The molecule has 0 bridgehead atoms. The maximum Gasteiger partial charge on any atom is 0.140 e. The number of hydrogen-bond donors (Lipinski definition) is 1. The Bertz CT molecular complexity index is 847. The highest BCUT2D eigenvalue weighted by Crippen LogP contribution is 2.32. The average Bonchev–Trinajstić information content (AvgIpc) is 3.15. The van der Waals surface area contributed by atoms with E-state index in [9.17, 15) is 5.11 Å². The molecule has 0 saturated carbocycles. The number of rotatable bonds is 6. The van der Waals surface area contributed by atoms with Crippen LogP contribution in [0.4, 0.5) is 0 Å². The Morgan fingerprint density at radius 2 is 2.00 bits per heavy atom. The number of aromatic nitrogens is 3. The van der Waals surface area contributed by atoms with Crippen LogP contribution >= 0.6 is 0 Å². The Kier molecular flexibility index (Phi) is 5.09. The van der Waals surface area contributed by atoms with Crippen molar-refractivity contribution >= 4 is 0 Å². The van der Waals surface area contributed by atoms with Gasteiger partial charge < -0.3 is 14.4 Å². The highest BCUT2D eigenvalue weighted by molar-refractivity contribution is 5.54. The predicted molar refractivity (Wildman–Crippen MR) is 99.5 cm³/mol. The summed E-state index contributed by atoms with van der Waals surface area (Å²) in [6.45, 7) is 0.763. The molecule has 2 unspecified atom stereocenters. The summed E-state index contributed by atoms with van der Waals surface area (Å²) in [6, 6.07) is 12.3. The van der Waals surface area contributed by atoms with Crippen LogP contribution in [-0.2, 0) is 17.7 Å². The van der Waals surface area contributed by atoms with Gasteiger partial charge in [-0.1, -0.05) is 24.3 Å². The van der Waals surface area contributed by atoms with E-state index in [0.29, 0.717) is 13.2 Å². The van der Waals surface area contributed by atoms with Gasteiger partial charge in [-0.15, -0.1) is 0 Å². The summed E-state index contributed by atoms with van der Waals surface area (Å²) in [5.41, 5.74) is 3.62. The molecule has 0 radical (unpaired) electrons. The van der Waals surface area contributed by atoms with Crippen molar-refractivity contribution in [2.75, 3.05) is 6.61 Å². The lowest BCUT2D eigenvalue weighted by molar-refractivity contribution is -0.0224. The van der Waals surface area contributed by atoms with Gasteiger partial charge in [0.25, 0.3) is 0 Å². The molecule has 2 aromatic heterocycles. The fourth-order valence-electron chi connectivity index (χ4n) is 3.61. The van der Waals surface area contributed by atoms with Gasteiger partial charge in [-0.3, -0.25) is 4.98 Å². The topological polar surface area (TPSA) is 60.2 Å². The second-order valence-corrected chi connectivity index (χ2v) is 6.71. The van der Waals surface area contributed by atoms with E-state index in [1.165, 1.54) is 11.1 Å². The third kappa shape index (κ3) is 3.69. The molecule has 2 atom stereocenters. The molecular weight excluding hydrogens is 326 g/mol. The van der Waals surface area contributed by atoms with Gasteiger partial charge in [-0.05, 0) is 42.5 Å². The molecule has 0 saturated heterocycles. The molecule has 0 fully saturated rings. The first kappa shape index (κ1) is 16.9. The van der Waals surface area contributed by atoms with E-state index >= 15 is 0 Å². The fraction of sp³-hybridized carbons (Fsp3) is 0.333. The molecule has 0 spiro atoms. The van der Waals surface area contributed by atoms with Gasteiger partial charge in [0, 0.05) is 30.4 Å². The van der Waals surface area contributed by atoms with Gasteiger partial charge in [-0.2, -0.15) is 0 Å². The van der Waals surface area contributed by atoms with Crippen LogP contribution in [0.1, 0.15) is 30.1 Å². The van der Waals surface area contributed by atoms with Crippen molar-refractivity contribution in [1.82, 2.24) is 14.5 Å². The number of hydrogen-bond acceptors (Lipinski definition) is 4. The second-order valence-electron chi connectivity index (χ2n) is 6.71. The van der Waals surface area contributed by atoms with E-state index in [0.717, 1.165) is 30.7 Å². The molecule has 1 aromatic carbocycles. The number of benzene rings is 1. The van der Waals surface area contributed by atoms with Crippen molar-refractivity contribution in [3.05, 3.63) is 72.3 Å². The number of aliphatic hydroxyl groups is 1. The Hall–Kier alpha value is -2.50. The third-order valence-electron chi connectivity index (χ3n) is 4.87. The number of aliphatic hydroxyl groups excluding tert-OH is 1. The van der Waals surface area contributed by atoms with E-state index in [4.69, 9.17) is 4.74 Å². The Balaban J connectivity index is 1.39. The maximum atomic E-state index is 10.5. The minimum Gasteiger partial charge on any atom is -0.389 e. The van der Waals surface area contributed by atoms with Gasteiger partial charge >= 0.3 is 0 Å². The molecule has 0 aliphatic heterocycles. The molecule has 0 amide bonds.